The molecule has 2 aromatic rings. The van der Waals surface area contributed by atoms with E-state index in [2.05, 4.69) is 62.0 Å². The molecule has 25 heavy (non-hydrogen) atoms. The number of guanidine groups is 1. The second kappa shape index (κ2) is 8.70. The summed E-state index contributed by atoms with van der Waals surface area (Å²) in [6.07, 6.45) is 7.94. The van der Waals surface area contributed by atoms with Crippen molar-refractivity contribution in [3.05, 3.63) is 54.6 Å². The van der Waals surface area contributed by atoms with Crippen LogP contribution >= 0.6 is 0 Å². The van der Waals surface area contributed by atoms with Gasteiger partial charge in [-0.2, -0.15) is 0 Å². The smallest absolute Gasteiger partial charge is 0.193 e. The fourth-order valence-electron chi connectivity index (χ4n) is 3.75. The summed E-state index contributed by atoms with van der Waals surface area (Å²) in [5.74, 6) is 2.31. The summed E-state index contributed by atoms with van der Waals surface area (Å²) in [5.41, 5.74) is 1.47. The lowest BCUT2D eigenvalue weighted by atomic mass is 9.82. The van der Waals surface area contributed by atoms with Crippen molar-refractivity contribution in [2.24, 2.45) is 10.9 Å². The highest BCUT2D eigenvalue weighted by Crippen LogP contribution is 2.32. The molecule has 0 spiro atoms. The summed E-state index contributed by atoms with van der Waals surface area (Å²) in [7, 11) is 1.88. The minimum atomic E-state index is 0.626. The van der Waals surface area contributed by atoms with Gasteiger partial charge >= 0.3 is 0 Å². The average molecular weight is 339 g/mol. The number of likely N-dealkylation sites (tertiary alicyclic amines) is 1. The molecule has 1 fully saturated rings. The highest BCUT2D eigenvalue weighted by molar-refractivity contribution is 5.80. The molecule has 5 heteroatoms. The van der Waals surface area contributed by atoms with Crippen LogP contribution in [0.3, 0.4) is 0 Å². The zero-order valence-electron chi connectivity index (χ0n) is 15.3. The number of nitrogens with one attached hydrogen (secondary N) is 1. The molecule has 1 aromatic carbocycles. The predicted molar refractivity (Wildman–Crippen MR) is 103 cm³/mol. The standard InChI is InChI=1S/C20H29N5/c1-17-15-25(13-9-19(17)18-7-4-3-5-8-18)20(21-2)23-10-6-12-24-14-11-22-16-24/h3-5,7-8,11,14,16-17,19H,6,9-10,12-13,15H2,1-2H3,(H,21,23). The second-order valence-electron chi connectivity index (χ2n) is 6.86. The van der Waals surface area contributed by atoms with E-state index in [-0.39, 0.29) is 0 Å². The molecule has 1 saturated heterocycles. The number of imidazole rings is 1. The monoisotopic (exact) mass is 339 g/mol. The molecule has 0 saturated carbocycles. The molecule has 0 amide bonds. The number of aryl methyl sites for hydroxylation is 1. The third-order valence-electron chi connectivity index (χ3n) is 5.08. The summed E-state index contributed by atoms with van der Waals surface area (Å²) >= 11 is 0. The Labute approximate surface area is 150 Å². The molecule has 2 atom stereocenters. The van der Waals surface area contributed by atoms with Crippen molar-refractivity contribution in [2.45, 2.75) is 32.2 Å². The number of aromatic nitrogens is 2. The number of hydrogen-bond donors (Lipinski definition) is 1. The van der Waals surface area contributed by atoms with E-state index < -0.39 is 0 Å². The predicted octanol–water partition coefficient (Wildman–Crippen LogP) is 2.97. The summed E-state index contributed by atoms with van der Waals surface area (Å²) in [6, 6.07) is 10.9. The summed E-state index contributed by atoms with van der Waals surface area (Å²) in [6.45, 7) is 6.39. The summed E-state index contributed by atoms with van der Waals surface area (Å²) in [4.78, 5) is 11.0. The van der Waals surface area contributed by atoms with Crippen LogP contribution in [0, 0.1) is 5.92 Å². The third kappa shape index (κ3) is 4.62. The van der Waals surface area contributed by atoms with Crippen LogP contribution in [0.5, 0.6) is 0 Å². The van der Waals surface area contributed by atoms with Crippen LogP contribution in [0.2, 0.25) is 0 Å². The van der Waals surface area contributed by atoms with Gasteiger partial charge in [-0.1, -0.05) is 37.3 Å². The fraction of sp³-hybridized carbons (Fsp3) is 0.500. The SMILES string of the molecule is CN=C(NCCCn1ccnc1)N1CCC(c2ccccc2)C(C)C1. The zero-order valence-corrected chi connectivity index (χ0v) is 15.3. The molecule has 2 unspecified atom stereocenters. The van der Waals surface area contributed by atoms with Gasteiger partial charge in [0.1, 0.15) is 0 Å². The Morgan fingerprint density at radius 3 is 2.84 bits per heavy atom. The number of rotatable bonds is 5. The van der Waals surface area contributed by atoms with Crippen molar-refractivity contribution in [1.82, 2.24) is 19.8 Å². The van der Waals surface area contributed by atoms with E-state index >= 15 is 0 Å². The first-order valence-corrected chi connectivity index (χ1v) is 9.24. The maximum atomic E-state index is 4.49. The quantitative estimate of drug-likeness (QED) is 0.517. The Morgan fingerprint density at radius 1 is 1.32 bits per heavy atom. The zero-order chi connectivity index (χ0) is 17.5. The van der Waals surface area contributed by atoms with Gasteiger partial charge in [0, 0.05) is 45.6 Å². The number of nitrogens with zero attached hydrogens (tertiary/aromatic N) is 4. The maximum absolute atomic E-state index is 4.49. The summed E-state index contributed by atoms with van der Waals surface area (Å²) < 4.78 is 2.11. The van der Waals surface area contributed by atoms with Crippen LogP contribution in [0.4, 0.5) is 0 Å². The number of benzene rings is 1. The average Bonchev–Trinajstić information content (AvgIpc) is 3.16. The van der Waals surface area contributed by atoms with Gasteiger partial charge in [-0.25, -0.2) is 4.98 Å². The minimum Gasteiger partial charge on any atom is -0.356 e. The van der Waals surface area contributed by atoms with E-state index in [0.717, 1.165) is 38.6 Å². The van der Waals surface area contributed by atoms with Crippen molar-refractivity contribution in [3.63, 3.8) is 0 Å². The normalized spacial score (nSPS) is 21.4. The Balaban J connectivity index is 1.48. The molecule has 5 nitrogen and oxygen atoms in total. The largest absolute Gasteiger partial charge is 0.356 e. The lowest BCUT2D eigenvalue weighted by Gasteiger charge is -2.39. The molecular formula is C20H29N5. The molecule has 0 radical (unpaired) electrons. The Morgan fingerprint density at radius 2 is 2.16 bits per heavy atom. The van der Waals surface area contributed by atoms with Crippen molar-refractivity contribution >= 4 is 5.96 Å². The molecular weight excluding hydrogens is 310 g/mol. The van der Waals surface area contributed by atoms with Crippen molar-refractivity contribution in [1.29, 1.82) is 0 Å². The maximum Gasteiger partial charge on any atom is 0.193 e. The van der Waals surface area contributed by atoms with Crippen LogP contribution in [0.15, 0.2) is 54.0 Å². The molecule has 3 rings (SSSR count). The highest BCUT2D eigenvalue weighted by Gasteiger charge is 2.28. The third-order valence-corrected chi connectivity index (χ3v) is 5.08. The summed E-state index contributed by atoms with van der Waals surface area (Å²) in [5, 5.41) is 3.52. The fourth-order valence-corrected chi connectivity index (χ4v) is 3.75. The lowest BCUT2D eigenvalue weighted by molar-refractivity contribution is 0.234. The van der Waals surface area contributed by atoms with Crippen molar-refractivity contribution < 1.29 is 0 Å². The second-order valence-corrected chi connectivity index (χ2v) is 6.86. The van der Waals surface area contributed by atoms with Crippen LogP contribution in [-0.2, 0) is 6.54 Å². The molecule has 134 valence electrons. The molecule has 1 aliphatic rings. The topological polar surface area (TPSA) is 45.5 Å². The Kier molecular flexibility index (Phi) is 6.09. The van der Waals surface area contributed by atoms with Gasteiger partial charge in [-0.05, 0) is 30.2 Å². The number of piperidine rings is 1. The van der Waals surface area contributed by atoms with Gasteiger partial charge in [-0.3, -0.25) is 4.99 Å². The molecule has 1 aliphatic heterocycles. The lowest BCUT2D eigenvalue weighted by Crippen LogP contribution is -2.48. The van der Waals surface area contributed by atoms with Gasteiger partial charge in [0.05, 0.1) is 6.33 Å². The van der Waals surface area contributed by atoms with Crippen LogP contribution < -0.4 is 5.32 Å². The van der Waals surface area contributed by atoms with Crippen LogP contribution in [0.1, 0.15) is 31.2 Å². The molecule has 1 aromatic heterocycles. The Hall–Kier alpha value is -2.30. The molecule has 2 heterocycles. The van der Waals surface area contributed by atoms with E-state index in [0.29, 0.717) is 11.8 Å². The van der Waals surface area contributed by atoms with Gasteiger partial charge in [0.2, 0.25) is 0 Å². The first-order chi connectivity index (χ1) is 12.3. The molecule has 0 bridgehead atoms. The first kappa shape index (κ1) is 17.5. The number of aliphatic imine (C=N–C) groups is 1. The molecule has 0 aliphatic carbocycles. The highest BCUT2D eigenvalue weighted by atomic mass is 15.3. The van der Waals surface area contributed by atoms with Crippen LogP contribution in [0.25, 0.3) is 0 Å². The van der Waals surface area contributed by atoms with E-state index in [9.17, 15) is 0 Å². The van der Waals surface area contributed by atoms with E-state index in [1.54, 1.807) is 0 Å². The van der Waals surface area contributed by atoms with Gasteiger partial charge < -0.3 is 14.8 Å². The number of hydrogen-bond acceptors (Lipinski definition) is 2. The minimum absolute atomic E-state index is 0.626. The van der Waals surface area contributed by atoms with Crippen molar-refractivity contribution in [2.75, 3.05) is 26.7 Å². The van der Waals surface area contributed by atoms with E-state index in [1.807, 2.05) is 25.8 Å². The van der Waals surface area contributed by atoms with Gasteiger partial charge in [-0.15, -0.1) is 0 Å². The van der Waals surface area contributed by atoms with E-state index in [4.69, 9.17) is 0 Å². The van der Waals surface area contributed by atoms with E-state index in [1.165, 1.54) is 12.0 Å². The molecule has 1 N–H and O–H groups in total. The van der Waals surface area contributed by atoms with Gasteiger partial charge in [0.15, 0.2) is 5.96 Å². The van der Waals surface area contributed by atoms with Gasteiger partial charge in [0.25, 0.3) is 0 Å². The first-order valence-electron chi connectivity index (χ1n) is 9.24. The van der Waals surface area contributed by atoms with Crippen molar-refractivity contribution in [3.8, 4) is 0 Å². The Bertz CT molecular complexity index is 650. The van der Waals surface area contributed by atoms with Crippen LogP contribution in [-0.4, -0.2) is 47.1 Å².